The quantitative estimate of drug-likeness (QED) is 0.0340. The second-order valence-corrected chi connectivity index (χ2v) is 28.4. The van der Waals surface area contributed by atoms with Gasteiger partial charge in [0.25, 0.3) is 29.4 Å². The van der Waals surface area contributed by atoms with E-state index in [2.05, 4.69) is 66.7 Å². The van der Waals surface area contributed by atoms with Crippen LogP contribution in [0.1, 0.15) is 98.8 Å². The van der Waals surface area contributed by atoms with Crippen LogP contribution in [0, 0.1) is 36.5 Å². The van der Waals surface area contributed by atoms with Gasteiger partial charge in [-0.05, 0) is 147 Å². The van der Waals surface area contributed by atoms with E-state index in [0.717, 1.165) is 65.6 Å². The first kappa shape index (κ1) is 93.9. The van der Waals surface area contributed by atoms with Gasteiger partial charge in [0.1, 0.15) is 13.1 Å². The summed E-state index contributed by atoms with van der Waals surface area (Å²) < 4.78 is 71.5. The van der Waals surface area contributed by atoms with E-state index < -0.39 is 25.0 Å². The van der Waals surface area contributed by atoms with Crippen molar-refractivity contribution in [2.45, 2.75) is 85.1 Å². The Morgan fingerprint density at radius 2 is 0.914 bits per heavy atom. The molecule has 0 unspecified atom stereocenters. The summed E-state index contributed by atoms with van der Waals surface area (Å²) in [6.07, 6.45) is 13.0. The zero-order valence-electron chi connectivity index (χ0n) is 65.7. The molecule has 0 spiro atoms. The standard InChI is InChI=1S/C20H16ClN5O3.C16H15BrClNO4.C16H16ClNO4.C13H20BNO4.C9H8BrClO2.C5H6N4.CH4/c1-28-17-7-13(8-23-19(17)29-2)12-5-14-10-26(20(27)18(14)16(21)6-12)15-9-24-25(11-15)4-3-22;1-21-13-6-11(8-19-15(13)22-2)9-4-10(7-17)14(12(18)5-9)16(20)23-3;1-9-5-10(6-12(17)14(9)16(19)22-4)11-7-13(20-2)15(21-3)18-8-11;1-12(2)13(3,4)19-14(18-12)9-7-10(16-5)11(17-6)15-8-9;1-5-3-6(10)4-7(11)8(5)9(12)13-2;6-1-2-9-4-5(7)3-8-9;/h5-9,11H,4,10H2,1-2H3;4-6,8H,7H2,1-3H3;5-8H,1-4H3;7-8H,1-6H3;3-4H,1-2H3;3-4H,2,7H2;1H4. The monoisotopic (exact) mass is 1790 g/mol. The lowest BCUT2D eigenvalue weighted by atomic mass is 9.80. The first-order valence-electron chi connectivity index (χ1n) is 34.1. The molecule has 1 saturated heterocycles. The molecule has 29 nitrogen and oxygen atoms in total. The summed E-state index contributed by atoms with van der Waals surface area (Å²) in [6, 6.07) is 25.4. The first-order valence-corrected chi connectivity index (χ1v) is 37.5. The van der Waals surface area contributed by atoms with E-state index in [1.165, 1.54) is 58.2 Å². The molecule has 1 fully saturated rings. The number of anilines is 2. The van der Waals surface area contributed by atoms with Gasteiger partial charge in [-0.3, -0.25) is 14.2 Å². The van der Waals surface area contributed by atoms with Gasteiger partial charge >= 0.3 is 25.0 Å². The molecule has 2 aliphatic heterocycles. The van der Waals surface area contributed by atoms with E-state index in [4.69, 9.17) is 119 Å². The number of methoxy groups -OCH3 is 11. The van der Waals surface area contributed by atoms with E-state index in [9.17, 15) is 19.2 Å². The summed E-state index contributed by atoms with van der Waals surface area (Å²) in [7, 11) is 15.9. The van der Waals surface area contributed by atoms with E-state index in [1.807, 2.05) is 83.2 Å². The minimum Gasteiger partial charge on any atom is -0.491 e. The summed E-state index contributed by atoms with van der Waals surface area (Å²) in [5.41, 5.74) is 16.1. The number of hydrogen-bond donors (Lipinski definition) is 1. The van der Waals surface area contributed by atoms with Crippen LogP contribution >= 0.6 is 78.3 Å². The Morgan fingerprint density at radius 3 is 1.33 bits per heavy atom. The number of rotatable bonds is 19. The van der Waals surface area contributed by atoms with E-state index in [-0.39, 0.29) is 37.6 Å². The number of benzene rings is 4. The number of aryl methyl sites for hydroxylation is 2. The summed E-state index contributed by atoms with van der Waals surface area (Å²) >= 11 is 31.5. The third-order valence-corrected chi connectivity index (χ3v) is 19.8. The number of nitrogens with zero attached hydrogens (tertiary/aromatic N) is 11. The van der Waals surface area contributed by atoms with Crippen molar-refractivity contribution in [2.24, 2.45) is 0 Å². The normalized spacial score (nSPS) is 12.3. The zero-order chi connectivity index (χ0) is 84.8. The lowest BCUT2D eigenvalue weighted by molar-refractivity contribution is 0.00578. The number of nitriles is 2. The molecule has 116 heavy (non-hydrogen) atoms. The van der Waals surface area contributed by atoms with Crippen molar-refractivity contribution in [2.75, 3.05) is 88.8 Å². The van der Waals surface area contributed by atoms with Crippen molar-refractivity contribution in [3.05, 3.63) is 191 Å². The Labute approximate surface area is 709 Å². The average molecular weight is 1800 g/mol. The van der Waals surface area contributed by atoms with Crippen LogP contribution in [0.2, 0.25) is 20.1 Å². The lowest BCUT2D eigenvalue weighted by Gasteiger charge is -2.32. The van der Waals surface area contributed by atoms with Gasteiger partial charge in [0, 0.05) is 69.1 Å². The maximum atomic E-state index is 12.9. The Balaban J connectivity index is 0.000000222. The Morgan fingerprint density at radius 1 is 0.517 bits per heavy atom. The third kappa shape index (κ3) is 23.0. The largest absolute Gasteiger partial charge is 0.496 e. The van der Waals surface area contributed by atoms with Gasteiger partial charge < -0.3 is 72.0 Å². The highest BCUT2D eigenvalue weighted by atomic mass is 79.9. The molecular weight excluding hydrogens is 1710 g/mol. The fourth-order valence-corrected chi connectivity index (χ4v) is 13.6. The number of ether oxygens (including phenoxy) is 11. The van der Waals surface area contributed by atoms with Crippen LogP contribution in [-0.2, 0) is 48.5 Å². The van der Waals surface area contributed by atoms with Crippen LogP contribution in [0.25, 0.3) is 33.4 Å². The number of esters is 3. The molecule has 0 saturated carbocycles. The van der Waals surface area contributed by atoms with Crippen molar-refractivity contribution in [1.29, 1.82) is 10.5 Å². The predicted octanol–water partition coefficient (Wildman–Crippen LogP) is 16.1. The van der Waals surface area contributed by atoms with Crippen LogP contribution in [-0.4, -0.2) is 160 Å². The number of amides is 1. The maximum absolute atomic E-state index is 12.9. The molecule has 0 radical (unpaired) electrons. The van der Waals surface area contributed by atoms with Gasteiger partial charge in [-0.1, -0.05) is 91.8 Å². The van der Waals surface area contributed by atoms with Gasteiger partial charge in [0.15, 0.2) is 23.0 Å². The number of nitrogen functional groups attached to an aromatic ring is 1. The van der Waals surface area contributed by atoms with Gasteiger partial charge in [-0.15, -0.1) is 0 Å². The molecular formula is C80H85BBr2Cl4N12O17. The summed E-state index contributed by atoms with van der Waals surface area (Å²) in [6.45, 7) is 12.4. The smallest absolute Gasteiger partial charge is 0.491 e. The van der Waals surface area contributed by atoms with Crippen molar-refractivity contribution in [3.8, 4) is 92.0 Å². The number of fused-ring (bicyclic) bond motifs is 1. The fourth-order valence-electron chi connectivity index (χ4n) is 11.1. The molecule has 0 bridgehead atoms. The molecule has 6 aromatic heterocycles. The minimum atomic E-state index is -0.471. The zero-order valence-corrected chi connectivity index (χ0v) is 71.9. The Kier molecular flexibility index (Phi) is 34.9. The molecule has 2 aliphatic rings. The number of pyridine rings is 4. The van der Waals surface area contributed by atoms with E-state index in [0.29, 0.717) is 112 Å². The number of nitrogens with two attached hydrogens (primary N) is 1. The van der Waals surface area contributed by atoms with Gasteiger partial charge in [0.2, 0.25) is 0 Å². The van der Waals surface area contributed by atoms with Crippen LogP contribution in [0.15, 0.2) is 127 Å². The summed E-state index contributed by atoms with van der Waals surface area (Å²) in [5, 5.41) is 26.7. The fraction of sp³-hybridized carbons (Fsp3) is 0.300. The first-order chi connectivity index (χ1) is 54.8. The summed E-state index contributed by atoms with van der Waals surface area (Å²) in [4.78, 5) is 66.2. The molecule has 8 heterocycles. The minimum absolute atomic E-state index is 0. The predicted molar refractivity (Wildman–Crippen MR) is 449 cm³/mol. The number of halogens is 6. The maximum Gasteiger partial charge on any atom is 0.496 e. The van der Waals surface area contributed by atoms with E-state index in [1.54, 1.807) is 127 Å². The molecule has 10 aromatic rings. The number of hydrogen-bond acceptors (Lipinski definition) is 26. The van der Waals surface area contributed by atoms with Crippen LogP contribution < -0.4 is 54.0 Å². The third-order valence-electron chi connectivity index (χ3n) is 17.5. The summed E-state index contributed by atoms with van der Waals surface area (Å²) in [5.74, 6) is 2.20. The molecule has 0 atom stereocenters. The molecule has 0 aliphatic carbocycles. The Bertz CT molecular complexity index is 5200. The number of alkyl halides is 1. The van der Waals surface area contributed by atoms with Crippen molar-refractivity contribution in [1.82, 2.24) is 39.5 Å². The molecule has 12 rings (SSSR count). The van der Waals surface area contributed by atoms with Crippen molar-refractivity contribution >= 4 is 126 Å². The molecule has 612 valence electrons. The molecule has 4 aromatic carbocycles. The van der Waals surface area contributed by atoms with Crippen molar-refractivity contribution in [3.63, 3.8) is 0 Å². The highest BCUT2D eigenvalue weighted by Crippen LogP contribution is 2.41. The number of carbonyl (C=O) groups is 4. The number of carbonyl (C=O) groups excluding carboxylic acids is 4. The van der Waals surface area contributed by atoms with Crippen LogP contribution in [0.5, 0.6) is 46.5 Å². The van der Waals surface area contributed by atoms with Crippen molar-refractivity contribution < 1.29 is 80.6 Å². The molecule has 1 amide bonds. The van der Waals surface area contributed by atoms with Crippen LogP contribution in [0.4, 0.5) is 11.4 Å². The van der Waals surface area contributed by atoms with Crippen LogP contribution in [0.3, 0.4) is 0 Å². The lowest BCUT2D eigenvalue weighted by Crippen LogP contribution is -2.41. The average Bonchev–Trinajstić information content (AvgIpc) is 1.60. The highest BCUT2D eigenvalue weighted by molar-refractivity contribution is 9.10. The van der Waals surface area contributed by atoms with Gasteiger partial charge in [0.05, 0.1) is 174 Å². The van der Waals surface area contributed by atoms with E-state index >= 15 is 0 Å². The van der Waals surface area contributed by atoms with Gasteiger partial charge in [-0.2, -0.15) is 20.7 Å². The van der Waals surface area contributed by atoms with Gasteiger partial charge in [-0.25, -0.2) is 34.3 Å². The Hall–Kier alpha value is -10.9. The molecule has 2 N–H and O–H groups in total. The SMILES string of the molecule is C.COC(=O)c1c(C)cc(-c2cnc(OC)c(OC)c2)cc1Cl.COC(=O)c1c(C)cc(Br)cc1Cl.COC(=O)c1c(Cl)cc(-c2cnc(OC)c(OC)c2)cc1CBr.COc1cc(-c2cc(Cl)c3c(c2)CN(c2cnn(CC#N)c2)C3=O)cnc1OC.COc1cc(B2OC(C)(C)C(C)(C)O2)cnc1OC.N#CCn1cc(N)cn1. The second kappa shape index (κ2) is 43.1. The molecule has 36 heteroatoms. The number of aromatic nitrogens is 8. The second-order valence-electron chi connectivity index (χ2n) is 25.3. The topological polar surface area (TPSA) is 352 Å². The highest BCUT2D eigenvalue weighted by Gasteiger charge is 2.52.